The van der Waals surface area contributed by atoms with Gasteiger partial charge >= 0.3 is 0 Å². The van der Waals surface area contributed by atoms with Gasteiger partial charge in [-0.15, -0.1) is 11.3 Å². The van der Waals surface area contributed by atoms with Crippen LogP contribution in [-0.2, 0) is 6.54 Å². The Labute approximate surface area is 78.8 Å². The second kappa shape index (κ2) is 3.53. The molecule has 0 aliphatic rings. The standard InChI is InChI=1S/C7H8N4OS/c1-5-3-13-7(10-5)8-2-6-9-4-12-11-6/h3-4H,2H2,1H3,(H,8,10). The summed E-state index contributed by atoms with van der Waals surface area (Å²) in [5.74, 6) is 0.632. The number of nitrogens with one attached hydrogen (secondary N) is 1. The molecule has 2 heterocycles. The number of nitrogens with zero attached hydrogens (tertiary/aromatic N) is 3. The highest BCUT2D eigenvalue weighted by atomic mass is 32.1. The van der Waals surface area contributed by atoms with E-state index in [2.05, 4.69) is 25.0 Å². The number of hydrogen-bond acceptors (Lipinski definition) is 6. The topological polar surface area (TPSA) is 63.8 Å². The Kier molecular flexibility index (Phi) is 2.22. The largest absolute Gasteiger partial charge is 0.354 e. The molecule has 0 bridgehead atoms. The number of aromatic nitrogens is 3. The molecule has 1 N–H and O–H groups in total. The van der Waals surface area contributed by atoms with Gasteiger partial charge in [0.25, 0.3) is 0 Å². The first-order valence-corrected chi connectivity index (χ1v) is 4.64. The van der Waals surface area contributed by atoms with Crippen molar-refractivity contribution >= 4 is 16.5 Å². The van der Waals surface area contributed by atoms with Crippen LogP contribution in [0, 0.1) is 6.92 Å². The molecule has 2 rings (SSSR count). The molecule has 0 atom stereocenters. The molecular weight excluding hydrogens is 188 g/mol. The normalized spacial score (nSPS) is 10.2. The van der Waals surface area contributed by atoms with Crippen LogP contribution in [0.15, 0.2) is 16.3 Å². The SMILES string of the molecule is Cc1csc(NCc2ncon2)n1. The second-order valence-electron chi connectivity index (χ2n) is 2.50. The summed E-state index contributed by atoms with van der Waals surface area (Å²) in [5, 5.41) is 9.62. The van der Waals surface area contributed by atoms with Crippen LogP contribution in [0.1, 0.15) is 11.5 Å². The third kappa shape index (κ3) is 2.03. The van der Waals surface area contributed by atoms with Crippen molar-refractivity contribution in [3.05, 3.63) is 23.3 Å². The van der Waals surface area contributed by atoms with Crippen LogP contribution in [0.5, 0.6) is 0 Å². The number of thiazole rings is 1. The molecule has 0 unspecified atom stereocenters. The number of hydrogen-bond donors (Lipinski definition) is 1. The van der Waals surface area contributed by atoms with Crippen LogP contribution in [0.25, 0.3) is 0 Å². The van der Waals surface area contributed by atoms with E-state index in [9.17, 15) is 0 Å². The van der Waals surface area contributed by atoms with Crippen LogP contribution in [0.3, 0.4) is 0 Å². The van der Waals surface area contributed by atoms with E-state index in [-0.39, 0.29) is 0 Å². The zero-order valence-corrected chi connectivity index (χ0v) is 7.84. The van der Waals surface area contributed by atoms with Crippen LogP contribution in [0.2, 0.25) is 0 Å². The van der Waals surface area contributed by atoms with Crippen molar-refractivity contribution in [2.45, 2.75) is 13.5 Å². The summed E-state index contributed by atoms with van der Waals surface area (Å²) in [7, 11) is 0. The molecule has 2 aromatic rings. The zero-order chi connectivity index (χ0) is 9.10. The molecule has 68 valence electrons. The lowest BCUT2D eigenvalue weighted by Crippen LogP contribution is -2.00. The first-order valence-electron chi connectivity index (χ1n) is 3.76. The Morgan fingerprint density at radius 1 is 1.62 bits per heavy atom. The molecule has 13 heavy (non-hydrogen) atoms. The van der Waals surface area contributed by atoms with E-state index < -0.39 is 0 Å². The molecule has 0 aromatic carbocycles. The van der Waals surface area contributed by atoms with Gasteiger partial charge in [-0.3, -0.25) is 0 Å². The fraction of sp³-hybridized carbons (Fsp3) is 0.286. The molecule has 0 saturated heterocycles. The van der Waals surface area contributed by atoms with Crippen LogP contribution in [0.4, 0.5) is 5.13 Å². The molecule has 0 spiro atoms. The van der Waals surface area contributed by atoms with Gasteiger partial charge in [0.1, 0.15) is 0 Å². The average molecular weight is 196 g/mol. The van der Waals surface area contributed by atoms with Gasteiger partial charge in [0.15, 0.2) is 11.0 Å². The quantitative estimate of drug-likeness (QED) is 0.804. The van der Waals surface area contributed by atoms with Gasteiger partial charge in [-0.25, -0.2) is 4.98 Å². The van der Waals surface area contributed by atoms with E-state index >= 15 is 0 Å². The smallest absolute Gasteiger partial charge is 0.213 e. The van der Waals surface area contributed by atoms with Crippen LogP contribution < -0.4 is 5.32 Å². The van der Waals surface area contributed by atoms with E-state index in [1.165, 1.54) is 6.39 Å². The van der Waals surface area contributed by atoms with Crippen molar-refractivity contribution in [3.63, 3.8) is 0 Å². The molecular formula is C7H8N4OS. The first-order chi connectivity index (χ1) is 6.34. The lowest BCUT2D eigenvalue weighted by Gasteiger charge is -1.95. The lowest BCUT2D eigenvalue weighted by molar-refractivity contribution is 0.411. The monoisotopic (exact) mass is 196 g/mol. The van der Waals surface area contributed by atoms with Crippen molar-refractivity contribution in [1.29, 1.82) is 0 Å². The predicted molar refractivity (Wildman–Crippen MR) is 48.5 cm³/mol. The van der Waals surface area contributed by atoms with Gasteiger partial charge in [0, 0.05) is 5.38 Å². The number of aryl methyl sites for hydroxylation is 1. The minimum absolute atomic E-state index is 0.545. The zero-order valence-electron chi connectivity index (χ0n) is 7.02. The predicted octanol–water partition coefficient (Wildman–Crippen LogP) is 1.45. The Morgan fingerprint density at radius 3 is 3.15 bits per heavy atom. The van der Waals surface area contributed by atoms with Gasteiger partial charge in [-0.1, -0.05) is 5.16 Å². The second-order valence-corrected chi connectivity index (χ2v) is 3.35. The molecule has 0 radical (unpaired) electrons. The van der Waals surface area contributed by atoms with E-state index in [0.717, 1.165) is 10.8 Å². The van der Waals surface area contributed by atoms with Crippen molar-refractivity contribution in [3.8, 4) is 0 Å². The van der Waals surface area contributed by atoms with Gasteiger partial charge < -0.3 is 9.84 Å². The average Bonchev–Trinajstić information content (AvgIpc) is 2.71. The maximum Gasteiger partial charge on any atom is 0.213 e. The maximum absolute atomic E-state index is 4.59. The van der Waals surface area contributed by atoms with Crippen molar-refractivity contribution < 1.29 is 4.52 Å². The fourth-order valence-corrected chi connectivity index (χ4v) is 1.55. The molecule has 0 saturated carbocycles. The van der Waals surface area contributed by atoms with E-state index in [1.807, 2.05) is 12.3 Å². The van der Waals surface area contributed by atoms with Crippen molar-refractivity contribution in [1.82, 2.24) is 15.1 Å². The summed E-state index contributed by atoms with van der Waals surface area (Å²) in [6.07, 6.45) is 1.31. The molecule has 2 aromatic heterocycles. The third-order valence-electron chi connectivity index (χ3n) is 1.42. The summed E-state index contributed by atoms with van der Waals surface area (Å²) >= 11 is 1.56. The minimum Gasteiger partial charge on any atom is -0.354 e. The minimum atomic E-state index is 0.545. The summed E-state index contributed by atoms with van der Waals surface area (Å²) in [6, 6.07) is 0. The summed E-state index contributed by atoms with van der Waals surface area (Å²) in [4.78, 5) is 8.11. The van der Waals surface area contributed by atoms with Gasteiger partial charge in [-0.05, 0) is 6.92 Å². The molecule has 0 fully saturated rings. The van der Waals surface area contributed by atoms with Gasteiger partial charge in [0.2, 0.25) is 6.39 Å². The number of anilines is 1. The molecule has 0 amide bonds. The maximum atomic E-state index is 4.59. The summed E-state index contributed by atoms with van der Waals surface area (Å²) in [6.45, 7) is 2.50. The first kappa shape index (κ1) is 8.18. The highest BCUT2D eigenvalue weighted by Gasteiger charge is 2.00. The fourth-order valence-electron chi connectivity index (χ4n) is 0.860. The van der Waals surface area contributed by atoms with Crippen LogP contribution in [-0.4, -0.2) is 15.1 Å². The van der Waals surface area contributed by atoms with E-state index in [1.54, 1.807) is 11.3 Å². The van der Waals surface area contributed by atoms with Gasteiger partial charge in [0.05, 0.1) is 12.2 Å². The van der Waals surface area contributed by atoms with Crippen LogP contribution >= 0.6 is 11.3 Å². The summed E-state index contributed by atoms with van der Waals surface area (Å²) < 4.78 is 4.59. The highest BCUT2D eigenvalue weighted by Crippen LogP contribution is 2.14. The Morgan fingerprint density at radius 2 is 2.54 bits per heavy atom. The number of rotatable bonds is 3. The molecule has 0 aliphatic heterocycles. The molecule has 6 heteroatoms. The lowest BCUT2D eigenvalue weighted by atomic mass is 10.6. The third-order valence-corrected chi connectivity index (χ3v) is 2.34. The van der Waals surface area contributed by atoms with E-state index in [4.69, 9.17) is 0 Å². The molecule has 0 aliphatic carbocycles. The highest BCUT2D eigenvalue weighted by molar-refractivity contribution is 7.13. The van der Waals surface area contributed by atoms with Crippen molar-refractivity contribution in [2.75, 3.05) is 5.32 Å². The Bertz CT molecular complexity index is 370. The van der Waals surface area contributed by atoms with Crippen molar-refractivity contribution in [2.24, 2.45) is 0 Å². The summed E-state index contributed by atoms with van der Waals surface area (Å²) in [5.41, 5.74) is 1.01. The Hall–Kier alpha value is -1.43. The molecule has 5 nitrogen and oxygen atoms in total. The van der Waals surface area contributed by atoms with Gasteiger partial charge in [-0.2, -0.15) is 4.98 Å². The van der Waals surface area contributed by atoms with E-state index in [0.29, 0.717) is 12.4 Å². The Balaban J connectivity index is 1.93.